The van der Waals surface area contributed by atoms with Gasteiger partial charge >= 0.3 is 0 Å². The van der Waals surface area contributed by atoms with Crippen LogP contribution < -0.4 is 0 Å². The first kappa shape index (κ1) is 15.8. The number of hydrogen-bond acceptors (Lipinski definition) is 4. The molecule has 2 rings (SSSR count). The predicted molar refractivity (Wildman–Crippen MR) is 90.3 cm³/mol. The Hall–Kier alpha value is -1.59. The van der Waals surface area contributed by atoms with Crippen LogP contribution in [0, 0.1) is 0 Å². The molecule has 0 aliphatic heterocycles. The molecule has 0 unspecified atom stereocenters. The summed E-state index contributed by atoms with van der Waals surface area (Å²) in [6.45, 7) is 4.94. The lowest BCUT2D eigenvalue weighted by atomic mass is 10.2. The molecule has 0 atom stereocenters. The van der Waals surface area contributed by atoms with Crippen LogP contribution in [0.5, 0.6) is 0 Å². The van der Waals surface area contributed by atoms with Crippen molar-refractivity contribution < 1.29 is 4.79 Å². The predicted octanol–water partition coefficient (Wildman–Crippen LogP) is 3.59. The van der Waals surface area contributed by atoms with Gasteiger partial charge in [0.25, 0.3) is 0 Å². The monoisotopic (exact) mass is 318 g/mol. The van der Waals surface area contributed by atoms with Gasteiger partial charge in [0, 0.05) is 24.2 Å². The lowest BCUT2D eigenvalue weighted by Crippen LogP contribution is -2.32. The molecular weight excluding hydrogens is 300 g/mol. The van der Waals surface area contributed by atoms with Crippen molar-refractivity contribution in [2.45, 2.75) is 12.3 Å². The van der Waals surface area contributed by atoms with E-state index in [0.717, 1.165) is 17.0 Å². The molecule has 5 heteroatoms. The normalized spacial score (nSPS) is 10.3. The smallest absolute Gasteiger partial charge is 0.233 e. The van der Waals surface area contributed by atoms with Crippen molar-refractivity contribution >= 4 is 29.0 Å². The minimum Gasteiger partial charge on any atom is -0.334 e. The van der Waals surface area contributed by atoms with Gasteiger partial charge in [-0.15, -0.1) is 29.7 Å². The zero-order valence-electron chi connectivity index (χ0n) is 11.8. The molecule has 0 aliphatic rings. The average molecular weight is 318 g/mol. The molecule has 0 saturated heterocycles. The highest BCUT2D eigenvalue weighted by molar-refractivity contribution is 7.99. The summed E-state index contributed by atoms with van der Waals surface area (Å²) in [5, 5.41) is 2.02. The van der Waals surface area contributed by atoms with Crippen LogP contribution in [0.3, 0.4) is 0 Å². The summed E-state index contributed by atoms with van der Waals surface area (Å²) >= 11 is 3.18. The van der Waals surface area contributed by atoms with E-state index in [1.165, 1.54) is 0 Å². The van der Waals surface area contributed by atoms with Crippen LogP contribution >= 0.6 is 23.1 Å². The van der Waals surface area contributed by atoms with Crippen LogP contribution in [0.2, 0.25) is 0 Å². The molecule has 110 valence electrons. The zero-order valence-corrected chi connectivity index (χ0v) is 13.4. The highest BCUT2D eigenvalue weighted by Gasteiger charge is 2.12. The van der Waals surface area contributed by atoms with E-state index in [-0.39, 0.29) is 5.91 Å². The Morgan fingerprint density at radius 2 is 2.19 bits per heavy atom. The second kappa shape index (κ2) is 8.64. The third kappa shape index (κ3) is 5.36. The van der Waals surface area contributed by atoms with Gasteiger partial charge in [-0.2, -0.15) is 0 Å². The van der Waals surface area contributed by atoms with Crippen molar-refractivity contribution in [3.63, 3.8) is 0 Å². The van der Waals surface area contributed by atoms with Crippen molar-refractivity contribution in [3.05, 3.63) is 65.1 Å². The summed E-state index contributed by atoms with van der Waals surface area (Å²) in [4.78, 5) is 18.4. The Bertz CT molecular complexity index is 555. The first-order valence-corrected chi connectivity index (χ1v) is 8.76. The number of nitrogens with zero attached hydrogens (tertiary/aromatic N) is 2. The molecular formula is C16H18N2OS2. The third-order valence-electron chi connectivity index (χ3n) is 2.88. The molecule has 1 aromatic carbocycles. The SMILES string of the molecule is C=CCN(Cc1ccccc1)C(=O)CSCc1cscn1. The number of amides is 1. The summed E-state index contributed by atoms with van der Waals surface area (Å²) < 4.78 is 0. The first-order valence-electron chi connectivity index (χ1n) is 6.67. The van der Waals surface area contributed by atoms with Gasteiger partial charge in [0.1, 0.15) is 0 Å². The summed E-state index contributed by atoms with van der Waals surface area (Å²) in [7, 11) is 0. The average Bonchev–Trinajstić information content (AvgIpc) is 3.01. The van der Waals surface area contributed by atoms with E-state index < -0.39 is 0 Å². The molecule has 0 fully saturated rings. The van der Waals surface area contributed by atoms with E-state index in [1.807, 2.05) is 46.1 Å². The number of rotatable bonds is 8. The summed E-state index contributed by atoms with van der Waals surface area (Å²) in [6, 6.07) is 10.0. The Kier molecular flexibility index (Phi) is 6.50. The van der Waals surface area contributed by atoms with Gasteiger partial charge in [0.15, 0.2) is 0 Å². The molecule has 0 bridgehead atoms. The Morgan fingerprint density at radius 3 is 2.86 bits per heavy atom. The van der Waals surface area contributed by atoms with Crippen LogP contribution in [0.25, 0.3) is 0 Å². The fourth-order valence-electron chi connectivity index (χ4n) is 1.86. The van der Waals surface area contributed by atoms with Crippen molar-refractivity contribution in [1.29, 1.82) is 0 Å². The van der Waals surface area contributed by atoms with E-state index in [1.54, 1.807) is 29.2 Å². The standard InChI is InChI=1S/C16H18N2OS2/c1-2-8-18(9-14-6-4-3-5-7-14)16(19)12-20-10-15-11-21-13-17-15/h2-7,11,13H,1,8-10,12H2. The maximum absolute atomic E-state index is 12.3. The minimum absolute atomic E-state index is 0.138. The second-order valence-corrected chi connectivity index (χ2v) is 6.23. The molecule has 21 heavy (non-hydrogen) atoms. The Morgan fingerprint density at radius 1 is 1.38 bits per heavy atom. The molecule has 0 N–H and O–H groups in total. The molecule has 1 aromatic heterocycles. The van der Waals surface area contributed by atoms with Crippen molar-refractivity contribution in [2.24, 2.45) is 0 Å². The number of thiazole rings is 1. The summed E-state index contributed by atoms with van der Waals surface area (Å²) in [5.74, 6) is 1.39. The van der Waals surface area contributed by atoms with E-state index >= 15 is 0 Å². The van der Waals surface area contributed by atoms with Crippen LogP contribution in [-0.4, -0.2) is 28.1 Å². The Labute approximate surface area is 133 Å². The van der Waals surface area contributed by atoms with E-state index in [9.17, 15) is 4.79 Å². The maximum Gasteiger partial charge on any atom is 0.233 e. The van der Waals surface area contributed by atoms with Gasteiger partial charge < -0.3 is 4.90 Å². The fourth-order valence-corrected chi connectivity index (χ4v) is 3.35. The van der Waals surface area contributed by atoms with Crippen LogP contribution in [0.1, 0.15) is 11.3 Å². The van der Waals surface area contributed by atoms with E-state index in [4.69, 9.17) is 0 Å². The summed E-state index contributed by atoms with van der Waals surface area (Å²) in [6.07, 6.45) is 1.77. The van der Waals surface area contributed by atoms with Gasteiger partial charge in [-0.1, -0.05) is 36.4 Å². The molecule has 1 amide bonds. The maximum atomic E-state index is 12.3. The van der Waals surface area contributed by atoms with Crippen molar-refractivity contribution in [2.75, 3.05) is 12.3 Å². The van der Waals surface area contributed by atoms with Gasteiger partial charge in [0.2, 0.25) is 5.91 Å². The second-order valence-electron chi connectivity index (χ2n) is 4.52. The highest BCUT2D eigenvalue weighted by atomic mass is 32.2. The quantitative estimate of drug-likeness (QED) is 0.697. The largest absolute Gasteiger partial charge is 0.334 e. The number of hydrogen-bond donors (Lipinski definition) is 0. The fraction of sp³-hybridized carbons (Fsp3) is 0.250. The molecule has 0 radical (unpaired) electrons. The van der Waals surface area contributed by atoms with Crippen LogP contribution in [0.4, 0.5) is 0 Å². The highest BCUT2D eigenvalue weighted by Crippen LogP contribution is 2.14. The van der Waals surface area contributed by atoms with E-state index in [2.05, 4.69) is 11.6 Å². The van der Waals surface area contributed by atoms with Crippen LogP contribution in [0.15, 0.2) is 53.9 Å². The van der Waals surface area contributed by atoms with E-state index in [0.29, 0.717) is 18.8 Å². The lowest BCUT2D eigenvalue weighted by molar-refractivity contribution is -0.128. The Balaban J connectivity index is 1.84. The number of carbonyl (C=O) groups is 1. The molecule has 0 aliphatic carbocycles. The molecule has 3 nitrogen and oxygen atoms in total. The number of carbonyl (C=O) groups excluding carboxylic acids is 1. The topological polar surface area (TPSA) is 33.2 Å². The summed E-state index contributed by atoms with van der Waals surface area (Å²) in [5.41, 5.74) is 3.99. The first-order chi connectivity index (χ1) is 10.3. The van der Waals surface area contributed by atoms with Crippen LogP contribution in [-0.2, 0) is 17.1 Å². The molecule has 1 heterocycles. The lowest BCUT2D eigenvalue weighted by Gasteiger charge is -2.21. The zero-order chi connectivity index (χ0) is 14.9. The van der Waals surface area contributed by atoms with Gasteiger partial charge in [-0.05, 0) is 5.56 Å². The third-order valence-corrected chi connectivity index (χ3v) is 4.46. The number of aromatic nitrogens is 1. The minimum atomic E-state index is 0.138. The van der Waals surface area contributed by atoms with Crippen molar-refractivity contribution in [1.82, 2.24) is 9.88 Å². The van der Waals surface area contributed by atoms with Gasteiger partial charge in [0.05, 0.1) is 17.0 Å². The number of benzene rings is 1. The molecule has 0 spiro atoms. The van der Waals surface area contributed by atoms with Gasteiger partial charge in [-0.25, -0.2) is 4.98 Å². The molecule has 0 saturated carbocycles. The van der Waals surface area contributed by atoms with Gasteiger partial charge in [-0.3, -0.25) is 4.79 Å². The number of thioether (sulfide) groups is 1. The van der Waals surface area contributed by atoms with Crippen molar-refractivity contribution in [3.8, 4) is 0 Å². The molecule has 2 aromatic rings.